The molecule has 0 saturated carbocycles. The first kappa shape index (κ1) is 10.9. The van der Waals surface area contributed by atoms with E-state index in [2.05, 4.69) is 4.99 Å². The van der Waals surface area contributed by atoms with Gasteiger partial charge in [-0.05, 0) is 18.4 Å². The molecule has 2 rings (SSSR count). The van der Waals surface area contributed by atoms with Gasteiger partial charge in [-0.1, -0.05) is 12.1 Å². The Hall–Kier alpha value is -1.62. The molecule has 1 amide bonds. The third-order valence-corrected chi connectivity index (χ3v) is 3.15. The zero-order valence-electron chi connectivity index (χ0n) is 8.64. The number of carbonyl (C=O) groups is 2. The van der Waals surface area contributed by atoms with Crippen molar-refractivity contribution in [3.8, 4) is 0 Å². The quantitative estimate of drug-likeness (QED) is 0.746. The van der Waals surface area contributed by atoms with Crippen LogP contribution in [0.2, 0.25) is 0 Å². The Bertz CT molecular complexity index is 497. The number of hydrogen-bond acceptors (Lipinski definition) is 4. The third kappa shape index (κ3) is 1.63. The van der Waals surface area contributed by atoms with Gasteiger partial charge in [-0.2, -0.15) is 0 Å². The number of amides is 1. The average Bonchev–Trinajstić information content (AvgIpc) is 2.28. The van der Waals surface area contributed by atoms with Crippen molar-refractivity contribution in [1.82, 2.24) is 0 Å². The van der Waals surface area contributed by atoms with Crippen LogP contribution in [0.1, 0.15) is 10.4 Å². The number of rotatable bonds is 1. The minimum absolute atomic E-state index is 0.262. The van der Waals surface area contributed by atoms with E-state index in [4.69, 9.17) is 5.73 Å². The minimum atomic E-state index is -0.926. The molecule has 4 nitrogen and oxygen atoms in total. The van der Waals surface area contributed by atoms with E-state index in [-0.39, 0.29) is 5.78 Å². The highest BCUT2D eigenvalue weighted by Gasteiger charge is 2.35. The predicted octanol–water partition coefficient (Wildman–Crippen LogP) is 1.38. The molecule has 0 radical (unpaired) electrons. The topological polar surface area (TPSA) is 72.5 Å². The van der Waals surface area contributed by atoms with Gasteiger partial charge in [0, 0.05) is 5.56 Å². The van der Waals surface area contributed by atoms with E-state index < -0.39 is 11.8 Å². The van der Waals surface area contributed by atoms with Gasteiger partial charge >= 0.3 is 0 Å². The van der Waals surface area contributed by atoms with Crippen LogP contribution in [0, 0.1) is 5.92 Å². The van der Waals surface area contributed by atoms with Crippen molar-refractivity contribution in [2.45, 2.75) is 0 Å². The normalized spacial score (nSPS) is 18.9. The van der Waals surface area contributed by atoms with Crippen molar-refractivity contribution in [3.63, 3.8) is 0 Å². The van der Waals surface area contributed by atoms with Crippen LogP contribution in [0.4, 0.5) is 5.69 Å². The lowest BCUT2D eigenvalue weighted by Crippen LogP contribution is -2.37. The second kappa shape index (κ2) is 4.09. The highest BCUT2D eigenvalue weighted by Crippen LogP contribution is 2.31. The van der Waals surface area contributed by atoms with Crippen molar-refractivity contribution in [3.05, 3.63) is 29.8 Å². The molecule has 0 aromatic heterocycles. The Morgan fingerprint density at radius 3 is 2.75 bits per heavy atom. The summed E-state index contributed by atoms with van der Waals surface area (Å²) in [5.74, 6) is -1.83. The maximum Gasteiger partial charge on any atom is 0.235 e. The average molecular weight is 234 g/mol. The number of ketones is 1. The number of primary amides is 1. The summed E-state index contributed by atoms with van der Waals surface area (Å²) in [5.41, 5.74) is 6.29. The number of hydrogen-bond donors (Lipinski definition) is 1. The van der Waals surface area contributed by atoms with Crippen LogP contribution in [-0.2, 0) is 4.79 Å². The van der Waals surface area contributed by atoms with Crippen LogP contribution >= 0.6 is 11.8 Å². The number of para-hydroxylation sites is 1. The Morgan fingerprint density at radius 2 is 2.12 bits per heavy atom. The van der Waals surface area contributed by atoms with E-state index in [9.17, 15) is 9.59 Å². The van der Waals surface area contributed by atoms with Gasteiger partial charge in [0.2, 0.25) is 5.91 Å². The summed E-state index contributed by atoms with van der Waals surface area (Å²) in [6.45, 7) is 0. The lowest BCUT2D eigenvalue weighted by molar-refractivity contribution is -0.118. The molecule has 1 unspecified atom stereocenters. The highest BCUT2D eigenvalue weighted by atomic mass is 32.2. The molecule has 0 saturated heterocycles. The fourth-order valence-corrected chi connectivity index (χ4v) is 2.29. The smallest absolute Gasteiger partial charge is 0.235 e. The molecule has 0 aliphatic carbocycles. The van der Waals surface area contributed by atoms with Gasteiger partial charge in [0.1, 0.15) is 5.92 Å². The summed E-state index contributed by atoms with van der Waals surface area (Å²) >= 11 is 1.28. The van der Waals surface area contributed by atoms with Gasteiger partial charge in [-0.3, -0.25) is 9.59 Å². The van der Waals surface area contributed by atoms with E-state index in [1.54, 1.807) is 30.5 Å². The van der Waals surface area contributed by atoms with Crippen LogP contribution < -0.4 is 5.73 Å². The molecular formula is C11H10N2O2S. The number of benzene rings is 1. The van der Waals surface area contributed by atoms with Crippen LogP contribution in [0.5, 0.6) is 0 Å². The van der Waals surface area contributed by atoms with Crippen molar-refractivity contribution >= 4 is 34.2 Å². The first-order valence-corrected chi connectivity index (χ1v) is 5.92. The molecule has 1 aromatic rings. The summed E-state index contributed by atoms with van der Waals surface area (Å²) in [7, 11) is 0. The Labute approximate surface area is 96.9 Å². The second-order valence-electron chi connectivity index (χ2n) is 3.37. The van der Waals surface area contributed by atoms with Gasteiger partial charge in [0.05, 0.1) is 10.7 Å². The number of nitrogens with two attached hydrogens (primary N) is 1. The molecule has 1 aliphatic rings. The van der Waals surface area contributed by atoms with Crippen molar-refractivity contribution in [2.75, 3.05) is 6.26 Å². The number of carbonyl (C=O) groups excluding carboxylic acids is 2. The molecule has 5 heteroatoms. The van der Waals surface area contributed by atoms with Crippen molar-refractivity contribution in [1.29, 1.82) is 0 Å². The van der Waals surface area contributed by atoms with Gasteiger partial charge in [-0.25, -0.2) is 4.99 Å². The van der Waals surface area contributed by atoms with Crippen molar-refractivity contribution < 1.29 is 9.59 Å². The Balaban J connectivity index is 2.58. The van der Waals surface area contributed by atoms with Gasteiger partial charge in [0.25, 0.3) is 0 Å². The molecule has 16 heavy (non-hydrogen) atoms. The summed E-state index contributed by atoms with van der Waals surface area (Å²) in [6.07, 6.45) is 1.77. The lowest BCUT2D eigenvalue weighted by Gasteiger charge is -2.19. The molecule has 1 aromatic carbocycles. The summed E-state index contributed by atoms with van der Waals surface area (Å²) in [6, 6.07) is 6.96. The van der Waals surface area contributed by atoms with E-state index in [0.717, 1.165) is 0 Å². The SMILES string of the molecule is CSC1=Nc2ccccc2C(=O)C1C(N)=O. The minimum Gasteiger partial charge on any atom is -0.369 e. The first-order chi connectivity index (χ1) is 7.65. The summed E-state index contributed by atoms with van der Waals surface area (Å²) in [4.78, 5) is 27.6. The lowest BCUT2D eigenvalue weighted by atomic mass is 9.94. The van der Waals surface area contributed by atoms with Gasteiger partial charge in [0.15, 0.2) is 5.78 Å². The van der Waals surface area contributed by atoms with Crippen LogP contribution in [0.25, 0.3) is 0 Å². The van der Waals surface area contributed by atoms with E-state index in [1.807, 2.05) is 0 Å². The highest BCUT2D eigenvalue weighted by molar-refractivity contribution is 8.13. The molecule has 1 atom stereocenters. The molecule has 0 spiro atoms. The number of thioether (sulfide) groups is 1. The summed E-state index contributed by atoms with van der Waals surface area (Å²) in [5, 5.41) is 0.469. The molecule has 0 fully saturated rings. The van der Waals surface area contributed by atoms with Gasteiger partial charge in [-0.15, -0.1) is 11.8 Å². The Morgan fingerprint density at radius 1 is 1.44 bits per heavy atom. The van der Waals surface area contributed by atoms with Crippen molar-refractivity contribution in [2.24, 2.45) is 16.6 Å². The van der Waals surface area contributed by atoms with Crippen LogP contribution in [0.15, 0.2) is 29.3 Å². The van der Waals surface area contributed by atoms with E-state index in [1.165, 1.54) is 11.8 Å². The number of Topliss-reactive ketones (excluding diaryl/α,β-unsaturated/α-hetero) is 1. The maximum atomic E-state index is 12.0. The van der Waals surface area contributed by atoms with E-state index >= 15 is 0 Å². The third-order valence-electron chi connectivity index (χ3n) is 2.40. The standard InChI is InChI=1S/C11H10N2O2S/c1-16-11-8(10(12)15)9(14)6-4-2-3-5-7(6)13-11/h2-5,8H,1H3,(H2,12,15). The molecular weight excluding hydrogens is 224 g/mol. The zero-order valence-corrected chi connectivity index (χ0v) is 9.45. The molecule has 0 bridgehead atoms. The number of fused-ring (bicyclic) bond motifs is 1. The number of aliphatic imine (C=N–C) groups is 1. The molecule has 1 aliphatic heterocycles. The van der Waals surface area contributed by atoms with Gasteiger partial charge < -0.3 is 5.73 Å². The van der Waals surface area contributed by atoms with Crippen LogP contribution in [-0.4, -0.2) is 23.0 Å². The molecule has 82 valence electrons. The fourth-order valence-electron chi connectivity index (χ4n) is 1.64. The summed E-state index contributed by atoms with van der Waals surface area (Å²) < 4.78 is 0. The molecule has 1 heterocycles. The zero-order chi connectivity index (χ0) is 11.7. The molecule has 2 N–H and O–H groups in total. The number of nitrogens with zero attached hydrogens (tertiary/aromatic N) is 1. The maximum absolute atomic E-state index is 12.0. The second-order valence-corrected chi connectivity index (χ2v) is 4.20. The largest absolute Gasteiger partial charge is 0.369 e. The monoisotopic (exact) mass is 234 g/mol. The van der Waals surface area contributed by atoms with Crippen LogP contribution in [0.3, 0.4) is 0 Å². The van der Waals surface area contributed by atoms with E-state index in [0.29, 0.717) is 16.3 Å². The predicted molar refractivity (Wildman–Crippen MR) is 64.1 cm³/mol. The first-order valence-electron chi connectivity index (χ1n) is 4.70. The Kier molecular flexibility index (Phi) is 2.78. The fraction of sp³-hybridized carbons (Fsp3) is 0.182.